The number of nitrogens with one attached hydrogen (secondary N) is 2. The molecule has 0 bridgehead atoms. The van der Waals surface area contributed by atoms with Crippen LogP contribution in [0.2, 0.25) is 0 Å². The van der Waals surface area contributed by atoms with E-state index in [0.717, 1.165) is 12.1 Å². The summed E-state index contributed by atoms with van der Waals surface area (Å²) in [5.74, 6) is -5.55. The summed E-state index contributed by atoms with van der Waals surface area (Å²) < 4.78 is 58.8. The van der Waals surface area contributed by atoms with Crippen LogP contribution >= 0.6 is 0 Å². The summed E-state index contributed by atoms with van der Waals surface area (Å²) in [6.07, 6.45) is 3.65. The number of anilines is 3. The molecule has 0 spiro atoms. The van der Waals surface area contributed by atoms with E-state index in [1.54, 1.807) is 0 Å². The van der Waals surface area contributed by atoms with Gasteiger partial charge in [-0.15, -0.1) is 6.58 Å². The molecule has 0 aliphatic heterocycles. The highest BCUT2D eigenvalue weighted by atomic mass is 19.2. The van der Waals surface area contributed by atoms with Crippen molar-refractivity contribution >= 4 is 29.2 Å². The lowest BCUT2D eigenvalue weighted by Gasteiger charge is -2.17. The number of amides is 1. The van der Waals surface area contributed by atoms with E-state index in [9.17, 15) is 18.0 Å². The fourth-order valence-electron chi connectivity index (χ4n) is 3.11. The largest absolute Gasteiger partial charge is 0.381 e. The van der Waals surface area contributed by atoms with E-state index in [0.29, 0.717) is 5.56 Å². The third-order valence-electron chi connectivity index (χ3n) is 4.80. The van der Waals surface area contributed by atoms with E-state index >= 15 is 4.39 Å². The lowest BCUT2D eigenvalue weighted by atomic mass is 9.99. The van der Waals surface area contributed by atoms with Crippen molar-refractivity contribution in [1.29, 1.82) is 0 Å². The van der Waals surface area contributed by atoms with E-state index in [-0.39, 0.29) is 28.9 Å². The fourth-order valence-corrected chi connectivity index (χ4v) is 3.11. The quantitative estimate of drug-likeness (QED) is 0.325. The highest BCUT2D eigenvalue weighted by Gasteiger charge is 2.24. The van der Waals surface area contributed by atoms with Crippen LogP contribution in [0.1, 0.15) is 27.0 Å². The zero-order valence-corrected chi connectivity index (χ0v) is 17.4. The summed E-state index contributed by atoms with van der Waals surface area (Å²) in [5, 5.41) is 4.92. The number of aromatic nitrogens is 1. The lowest BCUT2D eigenvalue weighted by Crippen LogP contribution is -2.25. The first kappa shape index (κ1) is 23.5. The molecule has 0 fully saturated rings. The number of nitrogens with two attached hydrogens (primary N) is 1. The number of benzene rings is 2. The standard InChI is InChI=1S/C24H20F4N4O/c1-3-8-31-24(33)16-12-15(11-14-7-9-30-23(29)20(14)27)19(26)21(28)22(16)32-18-6-5-13(4-2)10-17(18)25/h3-7,9-10,12,32H,1-2,8,11H2,(H2,29,30)(H,31,33). The van der Waals surface area contributed by atoms with Crippen LogP contribution in [0.4, 0.5) is 34.8 Å². The van der Waals surface area contributed by atoms with E-state index in [1.807, 2.05) is 0 Å². The Morgan fingerprint density at radius 2 is 1.79 bits per heavy atom. The Morgan fingerprint density at radius 3 is 2.45 bits per heavy atom. The number of nitrogen functional groups attached to an aromatic ring is 1. The molecule has 1 heterocycles. The molecule has 4 N–H and O–H groups in total. The number of carbonyl (C=O) groups is 1. The Balaban J connectivity index is 2.11. The number of rotatable bonds is 8. The van der Waals surface area contributed by atoms with Crippen molar-refractivity contribution < 1.29 is 22.4 Å². The minimum Gasteiger partial charge on any atom is -0.381 e. The van der Waals surface area contributed by atoms with Crippen molar-refractivity contribution in [3.05, 3.63) is 101 Å². The summed E-state index contributed by atoms with van der Waals surface area (Å²) in [6.45, 7) is 7.07. The number of hydrogen-bond acceptors (Lipinski definition) is 4. The minimum absolute atomic E-state index is 0.0370. The van der Waals surface area contributed by atoms with Crippen LogP contribution in [-0.2, 0) is 6.42 Å². The zero-order valence-electron chi connectivity index (χ0n) is 17.4. The lowest BCUT2D eigenvalue weighted by molar-refractivity contribution is 0.0958. The monoisotopic (exact) mass is 456 g/mol. The van der Waals surface area contributed by atoms with Gasteiger partial charge in [-0.1, -0.05) is 24.8 Å². The molecule has 1 amide bonds. The van der Waals surface area contributed by atoms with Crippen molar-refractivity contribution in [2.24, 2.45) is 0 Å². The van der Waals surface area contributed by atoms with Gasteiger partial charge in [-0.05, 0) is 41.0 Å². The Morgan fingerprint density at radius 1 is 1.03 bits per heavy atom. The summed E-state index contributed by atoms with van der Waals surface area (Å²) in [5.41, 5.74) is 4.52. The first-order valence-corrected chi connectivity index (χ1v) is 9.74. The maximum absolute atomic E-state index is 15.1. The van der Waals surface area contributed by atoms with Crippen LogP contribution in [0.15, 0.2) is 55.8 Å². The molecule has 0 radical (unpaired) electrons. The Bertz CT molecular complexity index is 1240. The second-order valence-electron chi connectivity index (χ2n) is 7.00. The molecule has 0 unspecified atom stereocenters. The maximum atomic E-state index is 15.1. The van der Waals surface area contributed by atoms with Gasteiger partial charge in [-0.2, -0.15) is 0 Å². The molecular weight excluding hydrogens is 436 g/mol. The third-order valence-corrected chi connectivity index (χ3v) is 4.80. The van der Waals surface area contributed by atoms with Crippen LogP contribution in [0, 0.1) is 23.3 Å². The van der Waals surface area contributed by atoms with E-state index < -0.39 is 47.1 Å². The smallest absolute Gasteiger partial charge is 0.253 e. The Kier molecular flexibility index (Phi) is 7.12. The molecular formula is C24H20F4N4O. The van der Waals surface area contributed by atoms with Crippen molar-refractivity contribution in [2.45, 2.75) is 6.42 Å². The van der Waals surface area contributed by atoms with Gasteiger partial charge in [0.15, 0.2) is 23.3 Å². The number of pyridine rings is 1. The van der Waals surface area contributed by atoms with Gasteiger partial charge >= 0.3 is 0 Å². The first-order chi connectivity index (χ1) is 15.8. The number of carbonyl (C=O) groups excluding carboxylic acids is 1. The van der Waals surface area contributed by atoms with Gasteiger partial charge in [0.25, 0.3) is 5.91 Å². The van der Waals surface area contributed by atoms with Crippen LogP contribution in [-0.4, -0.2) is 17.4 Å². The highest BCUT2D eigenvalue weighted by Crippen LogP contribution is 2.32. The average molecular weight is 456 g/mol. The van der Waals surface area contributed by atoms with E-state index in [4.69, 9.17) is 5.73 Å². The topological polar surface area (TPSA) is 80.0 Å². The summed E-state index contributed by atoms with van der Waals surface area (Å²) in [4.78, 5) is 16.3. The average Bonchev–Trinajstić information content (AvgIpc) is 2.80. The predicted octanol–water partition coefficient (Wildman–Crippen LogP) is 5.11. The molecule has 5 nitrogen and oxygen atoms in total. The second-order valence-corrected chi connectivity index (χ2v) is 7.00. The highest BCUT2D eigenvalue weighted by molar-refractivity contribution is 6.01. The second kappa shape index (κ2) is 9.99. The molecule has 9 heteroatoms. The molecule has 0 saturated heterocycles. The summed E-state index contributed by atoms with van der Waals surface area (Å²) in [7, 11) is 0. The van der Waals surface area contributed by atoms with Gasteiger partial charge in [-0.25, -0.2) is 22.5 Å². The summed E-state index contributed by atoms with van der Waals surface area (Å²) in [6, 6.07) is 6.30. The van der Waals surface area contributed by atoms with Gasteiger partial charge in [0.1, 0.15) is 5.82 Å². The van der Waals surface area contributed by atoms with Gasteiger partial charge in [0.05, 0.1) is 16.9 Å². The van der Waals surface area contributed by atoms with Crippen LogP contribution in [0.25, 0.3) is 6.08 Å². The van der Waals surface area contributed by atoms with Crippen molar-refractivity contribution in [3.63, 3.8) is 0 Å². The van der Waals surface area contributed by atoms with Gasteiger partial charge in [0.2, 0.25) is 0 Å². The number of nitrogens with zero attached hydrogens (tertiary/aromatic N) is 1. The summed E-state index contributed by atoms with van der Waals surface area (Å²) >= 11 is 0. The molecule has 0 atom stereocenters. The molecule has 0 aliphatic carbocycles. The van der Waals surface area contributed by atoms with Crippen LogP contribution in [0.3, 0.4) is 0 Å². The maximum Gasteiger partial charge on any atom is 0.253 e. The molecule has 170 valence electrons. The third kappa shape index (κ3) is 5.03. The molecule has 3 aromatic rings. The van der Waals surface area contributed by atoms with E-state index in [2.05, 4.69) is 28.8 Å². The molecule has 2 aromatic carbocycles. The van der Waals surface area contributed by atoms with Crippen LogP contribution in [0.5, 0.6) is 0 Å². The van der Waals surface area contributed by atoms with Gasteiger partial charge in [0, 0.05) is 19.2 Å². The van der Waals surface area contributed by atoms with Crippen molar-refractivity contribution in [2.75, 3.05) is 17.6 Å². The van der Waals surface area contributed by atoms with Crippen molar-refractivity contribution in [1.82, 2.24) is 10.3 Å². The molecule has 0 saturated carbocycles. The Labute approximate surface area is 187 Å². The first-order valence-electron chi connectivity index (χ1n) is 9.74. The van der Waals surface area contributed by atoms with Crippen LogP contribution < -0.4 is 16.4 Å². The minimum atomic E-state index is -1.43. The molecule has 1 aromatic heterocycles. The van der Waals surface area contributed by atoms with Gasteiger partial charge < -0.3 is 16.4 Å². The normalized spacial score (nSPS) is 10.5. The number of hydrogen-bond donors (Lipinski definition) is 3. The molecule has 3 rings (SSSR count). The predicted molar refractivity (Wildman–Crippen MR) is 120 cm³/mol. The Hall–Kier alpha value is -4.14. The zero-order chi connectivity index (χ0) is 24.1. The molecule has 33 heavy (non-hydrogen) atoms. The molecule has 0 aliphatic rings. The van der Waals surface area contributed by atoms with Gasteiger partial charge in [-0.3, -0.25) is 4.79 Å². The SMILES string of the molecule is C=CCNC(=O)c1cc(Cc2ccnc(N)c2F)c(F)c(F)c1Nc1ccc(C=C)cc1F. The van der Waals surface area contributed by atoms with Crippen molar-refractivity contribution in [3.8, 4) is 0 Å². The van der Waals surface area contributed by atoms with E-state index in [1.165, 1.54) is 36.5 Å². The number of halogens is 4. The fraction of sp³-hybridized carbons (Fsp3) is 0.0833.